The molecule has 2 aromatic rings. The minimum Gasteiger partial charge on any atom is -0.478 e. The summed E-state index contributed by atoms with van der Waals surface area (Å²) in [5.74, 6) is -1.64. The Hall–Kier alpha value is -3.45. The van der Waals surface area contributed by atoms with Crippen LogP contribution in [0.25, 0.3) is 0 Å². The topological polar surface area (TPSA) is 95.9 Å². The Morgan fingerprint density at radius 3 is 2.47 bits per heavy atom. The molecular weight excluding hydrogens is 408 g/mol. The molecule has 0 aromatic heterocycles. The average Bonchev–Trinajstić information content (AvgIpc) is 2.79. The maximum absolute atomic E-state index is 13.5. The summed E-state index contributed by atoms with van der Waals surface area (Å²) in [6.45, 7) is 3.95. The number of anilines is 1. The van der Waals surface area contributed by atoms with E-state index in [4.69, 9.17) is 4.74 Å². The molecule has 3 rings (SSSR count). The molecule has 0 spiro atoms. The van der Waals surface area contributed by atoms with Crippen molar-refractivity contribution < 1.29 is 24.2 Å². The number of carbonyl (C=O) groups is 3. The van der Waals surface area contributed by atoms with Crippen molar-refractivity contribution in [1.82, 2.24) is 4.90 Å². The molecule has 1 saturated heterocycles. The van der Waals surface area contributed by atoms with Crippen LogP contribution in [0.3, 0.4) is 0 Å². The zero-order valence-corrected chi connectivity index (χ0v) is 18.1. The van der Waals surface area contributed by atoms with Gasteiger partial charge < -0.3 is 20.1 Å². The van der Waals surface area contributed by atoms with Crippen LogP contribution < -0.4 is 5.32 Å². The predicted molar refractivity (Wildman–Crippen MR) is 122 cm³/mol. The number of ether oxygens (including phenoxy) is 1. The normalized spacial score (nSPS) is 14.3. The summed E-state index contributed by atoms with van der Waals surface area (Å²) in [5.41, 5.74) is 1.25. The zero-order valence-electron chi connectivity index (χ0n) is 18.1. The quantitative estimate of drug-likeness (QED) is 0.611. The van der Waals surface area contributed by atoms with E-state index in [1.54, 1.807) is 24.0 Å². The van der Waals surface area contributed by atoms with Gasteiger partial charge in [0.25, 0.3) is 5.91 Å². The van der Waals surface area contributed by atoms with E-state index in [9.17, 15) is 19.5 Å². The molecule has 0 atom stereocenters. The van der Waals surface area contributed by atoms with Gasteiger partial charge >= 0.3 is 5.97 Å². The van der Waals surface area contributed by atoms with Crippen molar-refractivity contribution in [2.45, 2.75) is 26.3 Å². The van der Waals surface area contributed by atoms with Gasteiger partial charge in [0.15, 0.2) is 0 Å². The Balaban J connectivity index is 1.89. The second-order valence-electron chi connectivity index (χ2n) is 7.78. The van der Waals surface area contributed by atoms with Gasteiger partial charge in [-0.25, -0.2) is 4.79 Å². The van der Waals surface area contributed by atoms with E-state index in [1.807, 2.05) is 30.3 Å². The van der Waals surface area contributed by atoms with Gasteiger partial charge in [-0.05, 0) is 55.5 Å². The van der Waals surface area contributed by atoms with Gasteiger partial charge in [0.05, 0.1) is 11.1 Å². The first-order chi connectivity index (χ1) is 15.5. The molecule has 2 N–H and O–H groups in total. The summed E-state index contributed by atoms with van der Waals surface area (Å²) in [6, 6.07) is 14.0. The van der Waals surface area contributed by atoms with Crippen molar-refractivity contribution in [3.8, 4) is 0 Å². The number of rotatable bonds is 8. The smallest absolute Gasteiger partial charge is 0.336 e. The lowest BCUT2D eigenvalue weighted by atomic mass is 9.98. The Kier molecular flexibility index (Phi) is 8.16. The lowest BCUT2D eigenvalue weighted by Gasteiger charge is -2.30. The van der Waals surface area contributed by atoms with Crippen LogP contribution in [0.2, 0.25) is 0 Å². The van der Waals surface area contributed by atoms with E-state index in [0.29, 0.717) is 37.9 Å². The summed E-state index contributed by atoms with van der Waals surface area (Å²) in [6.07, 6.45) is 4.65. The van der Waals surface area contributed by atoms with E-state index >= 15 is 0 Å². The van der Waals surface area contributed by atoms with E-state index in [-0.39, 0.29) is 22.9 Å². The number of carboxylic acids is 1. The lowest BCUT2D eigenvalue weighted by Crippen LogP contribution is -2.37. The molecule has 7 nitrogen and oxygen atoms in total. The van der Waals surface area contributed by atoms with E-state index in [1.165, 1.54) is 18.2 Å². The fourth-order valence-corrected chi connectivity index (χ4v) is 3.75. The minimum absolute atomic E-state index is 0.101. The van der Waals surface area contributed by atoms with Crippen molar-refractivity contribution in [3.05, 3.63) is 77.4 Å². The fraction of sp³-hybridized carbons (Fsp3) is 0.320. The highest BCUT2D eigenvalue weighted by molar-refractivity contribution is 6.06. The summed E-state index contributed by atoms with van der Waals surface area (Å²) in [4.78, 5) is 39.0. The van der Waals surface area contributed by atoms with Crippen LogP contribution in [0.1, 0.15) is 46.0 Å². The fourth-order valence-electron chi connectivity index (χ4n) is 3.75. The average molecular weight is 437 g/mol. The highest BCUT2D eigenvalue weighted by Gasteiger charge is 2.26. The van der Waals surface area contributed by atoms with Gasteiger partial charge in [-0.3, -0.25) is 9.59 Å². The minimum atomic E-state index is -1.22. The maximum Gasteiger partial charge on any atom is 0.336 e. The van der Waals surface area contributed by atoms with Crippen LogP contribution in [-0.2, 0) is 16.1 Å². The molecule has 2 aromatic carbocycles. The third-order valence-electron chi connectivity index (χ3n) is 5.39. The number of carboxylic acid groups (broad SMARTS) is 1. The van der Waals surface area contributed by atoms with Gasteiger partial charge in [-0.1, -0.05) is 36.4 Å². The number of amides is 2. The van der Waals surface area contributed by atoms with Gasteiger partial charge in [0.2, 0.25) is 5.91 Å². The summed E-state index contributed by atoms with van der Waals surface area (Å²) in [7, 11) is 0. The van der Waals surface area contributed by atoms with Crippen LogP contribution in [0.5, 0.6) is 0 Å². The number of allylic oxidation sites excluding steroid dienone is 1. The van der Waals surface area contributed by atoms with Crippen molar-refractivity contribution >= 4 is 23.5 Å². The number of nitrogens with one attached hydrogen (secondary N) is 1. The van der Waals surface area contributed by atoms with Gasteiger partial charge in [-0.15, -0.1) is 0 Å². The van der Waals surface area contributed by atoms with E-state index in [0.717, 1.165) is 18.4 Å². The first-order valence-electron chi connectivity index (χ1n) is 10.7. The Bertz CT molecular complexity index is 981. The Morgan fingerprint density at radius 1 is 1.09 bits per heavy atom. The largest absolute Gasteiger partial charge is 0.478 e. The Labute approximate surface area is 187 Å². The van der Waals surface area contributed by atoms with Gasteiger partial charge in [-0.2, -0.15) is 0 Å². The molecule has 0 radical (unpaired) electrons. The van der Waals surface area contributed by atoms with Crippen LogP contribution in [0, 0.1) is 5.92 Å². The van der Waals surface area contributed by atoms with Crippen molar-refractivity contribution in [3.63, 3.8) is 0 Å². The van der Waals surface area contributed by atoms with E-state index < -0.39 is 5.97 Å². The predicted octanol–water partition coefficient (Wildman–Crippen LogP) is 3.97. The standard InChI is InChI=1S/C25H28N2O5/c1-2-6-23(28)26-20-9-10-21(22(15-20)25(30)31)24(29)27(16-18-7-4-3-5-8-18)17-19-11-13-32-14-12-19/h2-10,15,19H,11-14,16-17H2,1H3,(H,26,28)(H,30,31)/b6-2+. The molecule has 0 bridgehead atoms. The summed E-state index contributed by atoms with van der Waals surface area (Å²) >= 11 is 0. The highest BCUT2D eigenvalue weighted by Crippen LogP contribution is 2.23. The number of benzene rings is 2. The van der Waals surface area contributed by atoms with Crippen LogP contribution in [0.4, 0.5) is 5.69 Å². The summed E-state index contributed by atoms with van der Waals surface area (Å²) < 4.78 is 5.44. The molecule has 168 valence electrons. The first-order valence-corrected chi connectivity index (χ1v) is 10.7. The Morgan fingerprint density at radius 2 is 1.81 bits per heavy atom. The molecular formula is C25H28N2O5. The van der Waals surface area contributed by atoms with Crippen molar-refractivity contribution in [1.29, 1.82) is 0 Å². The number of aromatic carboxylic acids is 1. The molecule has 2 amide bonds. The maximum atomic E-state index is 13.5. The molecule has 1 fully saturated rings. The molecule has 0 unspecified atom stereocenters. The molecule has 1 aliphatic heterocycles. The summed E-state index contributed by atoms with van der Waals surface area (Å²) in [5, 5.41) is 12.4. The third kappa shape index (κ3) is 6.28. The molecule has 7 heteroatoms. The SMILES string of the molecule is C/C=C/C(=O)Nc1ccc(C(=O)N(Cc2ccccc2)CC2CCOCC2)c(C(=O)O)c1. The van der Waals surface area contributed by atoms with Crippen molar-refractivity contribution in [2.24, 2.45) is 5.92 Å². The van der Waals surface area contributed by atoms with Gasteiger partial charge in [0, 0.05) is 32.0 Å². The van der Waals surface area contributed by atoms with Crippen LogP contribution in [0.15, 0.2) is 60.7 Å². The zero-order chi connectivity index (χ0) is 22.9. The second-order valence-corrected chi connectivity index (χ2v) is 7.78. The molecule has 0 saturated carbocycles. The van der Waals surface area contributed by atoms with E-state index in [2.05, 4.69) is 5.32 Å². The first kappa shape index (κ1) is 23.2. The van der Waals surface area contributed by atoms with Crippen molar-refractivity contribution in [2.75, 3.05) is 25.1 Å². The third-order valence-corrected chi connectivity index (χ3v) is 5.39. The highest BCUT2D eigenvalue weighted by atomic mass is 16.5. The van der Waals surface area contributed by atoms with Crippen LogP contribution >= 0.6 is 0 Å². The lowest BCUT2D eigenvalue weighted by molar-refractivity contribution is -0.111. The van der Waals surface area contributed by atoms with Crippen LogP contribution in [-0.4, -0.2) is 47.5 Å². The number of hydrogen-bond acceptors (Lipinski definition) is 4. The molecule has 1 aliphatic rings. The molecule has 0 aliphatic carbocycles. The second kappa shape index (κ2) is 11.2. The molecule has 32 heavy (non-hydrogen) atoms. The monoisotopic (exact) mass is 436 g/mol. The van der Waals surface area contributed by atoms with Gasteiger partial charge in [0.1, 0.15) is 0 Å². The number of hydrogen-bond donors (Lipinski definition) is 2. The molecule has 1 heterocycles. The number of carbonyl (C=O) groups excluding carboxylic acids is 2. The number of nitrogens with zero attached hydrogens (tertiary/aromatic N) is 1.